The molecular weight excluding hydrogens is 178 g/mol. The van der Waals surface area contributed by atoms with Crippen molar-refractivity contribution < 1.29 is 9.53 Å². The number of amides is 1. The van der Waals surface area contributed by atoms with Crippen molar-refractivity contribution in [2.24, 2.45) is 5.73 Å². The normalized spacial score (nSPS) is 9.86. The second-order valence-electron chi connectivity index (χ2n) is 3.28. The van der Waals surface area contributed by atoms with Crippen molar-refractivity contribution in [1.82, 2.24) is 0 Å². The van der Waals surface area contributed by atoms with Crippen LogP contribution in [0.25, 0.3) is 0 Å². The fourth-order valence-electron chi connectivity index (χ4n) is 1.32. The van der Waals surface area contributed by atoms with Crippen molar-refractivity contribution in [2.45, 2.75) is 19.8 Å². The predicted molar refractivity (Wildman–Crippen MR) is 55.2 cm³/mol. The van der Waals surface area contributed by atoms with Crippen molar-refractivity contribution >= 4 is 5.91 Å². The van der Waals surface area contributed by atoms with Gasteiger partial charge in [-0.3, -0.25) is 4.79 Å². The smallest absolute Gasteiger partial charge is 0.217 e. The molecule has 3 heteroatoms. The molecule has 1 aromatic rings. The zero-order chi connectivity index (χ0) is 10.6. The number of rotatable bonds is 4. The highest BCUT2D eigenvalue weighted by Gasteiger charge is 2.04. The second-order valence-corrected chi connectivity index (χ2v) is 3.28. The number of nitrogens with two attached hydrogens (primary N) is 1. The molecule has 2 N–H and O–H groups in total. The highest BCUT2D eigenvalue weighted by atomic mass is 16.5. The maximum absolute atomic E-state index is 10.6. The van der Waals surface area contributed by atoms with E-state index in [0.29, 0.717) is 12.8 Å². The molecule has 0 heterocycles. The Morgan fingerprint density at radius 1 is 1.50 bits per heavy atom. The lowest BCUT2D eigenvalue weighted by atomic mass is 10.1. The molecule has 0 bridgehead atoms. The van der Waals surface area contributed by atoms with Crippen LogP contribution in [0.1, 0.15) is 17.5 Å². The Morgan fingerprint density at radius 3 is 2.79 bits per heavy atom. The van der Waals surface area contributed by atoms with Crippen molar-refractivity contribution in [3.8, 4) is 5.75 Å². The molecule has 0 aliphatic carbocycles. The van der Waals surface area contributed by atoms with Gasteiger partial charge in [-0.25, -0.2) is 0 Å². The second kappa shape index (κ2) is 4.65. The monoisotopic (exact) mass is 193 g/mol. The topological polar surface area (TPSA) is 52.3 Å². The minimum Gasteiger partial charge on any atom is -0.496 e. The standard InChI is InChI=1S/C11H15NO2/c1-8-3-4-9(5-6-11(12)13)10(7-8)14-2/h3-4,7H,5-6H2,1-2H3,(H2,12,13). The number of hydrogen-bond acceptors (Lipinski definition) is 2. The minimum atomic E-state index is -0.285. The SMILES string of the molecule is COc1cc(C)ccc1CCC(N)=O. The van der Waals surface area contributed by atoms with E-state index in [-0.39, 0.29) is 5.91 Å². The van der Waals surface area contributed by atoms with Gasteiger partial charge in [0.15, 0.2) is 0 Å². The molecule has 1 rings (SSSR count). The molecule has 0 saturated carbocycles. The van der Waals surface area contributed by atoms with Crippen LogP contribution in [0.15, 0.2) is 18.2 Å². The summed E-state index contributed by atoms with van der Waals surface area (Å²) in [6.07, 6.45) is 0.998. The lowest BCUT2D eigenvalue weighted by molar-refractivity contribution is -0.117. The van der Waals surface area contributed by atoms with Gasteiger partial charge in [-0.05, 0) is 30.5 Å². The molecule has 0 saturated heterocycles. The fraction of sp³-hybridized carbons (Fsp3) is 0.364. The largest absolute Gasteiger partial charge is 0.496 e. The summed E-state index contributed by atoms with van der Waals surface area (Å²) in [7, 11) is 1.63. The van der Waals surface area contributed by atoms with E-state index >= 15 is 0 Å². The predicted octanol–water partition coefficient (Wildman–Crippen LogP) is 1.42. The van der Waals surface area contributed by atoms with Gasteiger partial charge in [0.1, 0.15) is 5.75 Å². The molecule has 0 radical (unpaired) electrons. The molecule has 76 valence electrons. The minimum absolute atomic E-state index is 0.285. The van der Waals surface area contributed by atoms with Crippen LogP contribution in [0.2, 0.25) is 0 Å². The first-order valence-electron chi connectivity index (χ1n) is 4.55. The fourth-order valence-corrected chi connectivity index (χ4v) is 1.32. The molecule has 0 spiro atoms. The lowest BCUT2D eigenvalue weighted by Crippen LogP contribution is -2.11. The number of methoxy groups -OCH3 is 1. The quantitative estimate of drug-likeness (QED) is 0.786. The van der Waals surface area contributed by atoms with Crippen molar-refractivity contribution in [2.75, 3.05) is 7.11 Å². The molecular formula is C11H15NO2. The number of carbonyl (C=O) groups excluding carboxylic acids is 1. The number of ether oxygens (including phenoxy) is 1. The summed E-state index contributed by atoms with van der Waals surface area (Å²) >= 11 is 0. The number of hydrogen-bond donors (Lipinski definition) is 1. The number of benzene rings is 1. The average molecular weight is 193 g/mol. The van der Waals surface area contributed by atoms with Gasteiger partial charge >= 0.3 is 0 Å². The van der Waals surface area contributed by atoms with Crippen molar-refractivity contribution in [1.29, 1.82) is 0 Å². The van der Waals surface area contributed by atoms with Gasteiger partial charge < -0.3 is 10.5 Å². The molecule has 0 fully saturated rings. The summed E-state index contributed by atoms with van der Waals surface area (Å²) in [6, 6.07) is 5.92. The zero-order valence-electron chi connectivity index (χ0n) is 8.54. The van der Waals surface area contributed by atoms with Gasteiger partial charge in [0.2, 0.25) is 5.91 Å². The third-order valence-corrected chi connectivity index (χ3v) is 2.08. The number of primary amides is 1. The van der Waals surface area contributed by atoms with E-state index in [1.165, 1.54) is 0 Å². The van der Waals surface area contributed by atoms with Crippen LogP contribution >= 0.6 is 0 Å². The van der Waals surface area contributed by atoms with Crippen molar-refractivity contribution in [3.63, 3.8) is 0 Å². The first kappa shape index (κ1) is 10.6. The van der Waals surface area contributed by atoms with Crippen LogP contribution in [0, 0.1) is 6.92 Å². The molecule has 0 atom stereocenters. The van der Waals surface area contributed by atoms with E-state index in [1.807, 2.05) is 25.1 Å². The molecule has 0 unspecified atom stereocenters. The maximum Gasteiger partial charge on any atom is 0.217 e. The Morgan fingerprint density at radius 2 is 2.21 bits per heavy atom. The summed E-state index contributed by atoms with van der Waals surface area (Å²) < 4.78 is 5.21. The molecule has 1 aromatic carbocycles. The summed E-state index contributed by atoms with van der Waals surface area (Å²) in [5, 5.41) is 0. The molecule has 14 heavy (non-hydrogen) atoms. The van der Waals surface area contributed by atoms with Gasteiger partial charge in [0, 0.05) is 6.42 Å². The average Bonchev–Trinajstić information content (AvgIpc) is 2.15. The summed E-state index contributed by atoms with van der Waals surface area (Å²) in [5.41, 5.74) is 7.25. The third kappa shape index (κ3) is 2.76. The highest BCUT2D eigenvalue weighted by molar-refractivity contribution is 5.74. The van der Waals surface area contributed by atoms with Crippen LogP contribution < -0.4 is 10.5 Å². The zero-order valence-corrected chi connectivity index (χ0v) is 8.54. The van der Waals surface area contributed by atoms with E-state index in [1.54, 1.807) is 7.11 Å². The maximum atomic E-state index is 10.6. The van der Waals surface area contributed by atoms with Crippen LogP contribution in [0.3, 0.4) is 0 Å². The highest BCUT2D eigenvalue weighted by Crippen LogP contribution is 2.20. The van der Waals surface area contributed by atoms with E-state index in [9.17, 15) is 4.79 Å². The van der Waals surface area contributed by atoms with E-state index in [0.717, 1.165) is 16.9 Å². The lowest BCUT2D eigenvalue weighted by Gasteiger charge is -2.08. The van der Waals surface area contributed by atoms with Gasteiger partial charge in [-0.1, -0.05) is 12.1 Å². The number of aryl methyl sites for hydroxylation is 2. The van der Waals surface area contributed by atoms with Crippen LogP contribution in [0.4, 0.5) is 0 Å². The van der Waals surface area contributed by atoms with Gasteiger partial charge in [-0.2, -0.15) is 0 Å². The van der Waals surface area contributed by atoms with E-state index < -0.39 is 0 Å². The summed E-state index contributed by atoms with van der Waals surface area (Å²) in [6.45, 7) is 2.00. The van der Waals surface area contributed by atoms with Crippen molar-refractivity contribution in [3.05, 3.63) is 29.3 Å². The van der Waals surface area contributed by atoms with Crippen LogP contribution in [-0.4, -0.2) is 13.0 Å². The molecule has 0 aliphatic rings. The summed E-state index contributed by atoms with van der Waals surface area (Å²) in [4.78, 5) is 10.6. The Bertz CT molecular complexity index is 334. The molecule has 3 nitrogen and oxygen atoms in total. The Labute approximate surface area is 83.9 Å². The molecule has 1 amide bonds. The third-order valence-electron chi connectivity index (χ3n) is 2.08. The Hall–Kier alpha value is -1.51. The first-order valence-corrected chi connectivity index (χ1v) is 4.55. The Balaban J connectivity index is 2.80. The Kier molecular flexibility index (Phi) is 3.51. The molecule has 0 aromatic heterocycles. The van der Waals surface area contributed by atoms with Gasteiger partial charge in [0.05, 0.1) is 7.11 Å². The van der Waals surface area contributed by atoms with Gasteiger partial charge in [0.25, 0.3) is 0 Å². The van der Waals surface area contributed by atoms with E-state index in [4.69, 9.17) is 10.5 Å². The number of carbonyl (C=O) groups is 1. The molecule has 0 aliphatic heterocycles. The summed E-state index contributed by atoms with van der Waals surface area (Å²) in [5.74, 6) is 0.541. The van der Waals surface area contributed by atoms with Crippen LogP contribution in [0.5, 0.6) is 5.75 Å². The van der Waals surface area contributed by atoms with Gasteiger partial charge in [-0.15, -0.1) is 0 Å². The van der Waals surface area contributed by atoms with Crippen LogP contribution in [-0.2, 0) is 11.2 Å². The van der Waals surface area contributed by atoms with E-state index in [2.05, 4.69) is 0 Å². The first-order chi connectivity index (χ1) is 6.63.